The highest BCUT2D eigenvalue weighted by Gasteiger charge is 2.17. The van der Waals surface area contributed by atoms with E-state index in [1.54, 1.807) is 0 Å². The summed E-state index contributed by atoms with van der Waals surface area (Å²) in [6.45, 7) is 2.17. The summed E-state index contributed by atoms with van der Waals surface area (Å²) in [4.78, 5) is 0. The summed E-state index contributed by atoms with van der Waals surface area (Å²) in [7, 11) is 0. The molecule has 11 heavy (non-hydrogen) atoms. The second kappa shape index (κ2) is 2.16. The van der Waals surface area contributed by atoms with Crippen LogP contribution in [-0.2, 0) is 6.42 Å². The summed E-state index contributed by atoms with van der Waals surface area (Å²) in [5.41, 5.74) is 9.12. The molecule has 0 bridgehead atoms. The summed E-state index contributed by atoms with van der Waals surface area (Å²) in [6.07, 6.45) is 1.10. The van der Waals surface area contributed by atoms with Crippen molar-refractivity contribution < 1.29 is 0 Å². The molecular weight excluding hydrogens is 136 g/mol. The smallest absolute Gasteiger partial charge is 0.0609 e. The van der Waals surface area contributed by atoms with Crippen molar-refractivity contribution in [3.05, 3.63) is 23.8 Å². The van der Waals surface area contributed by atoms with Crippen LogP contribution in [0.4, 0.5) is 11.4 Å². The van der Waals surface area contributed by atoms with Gasteiger partial charge in [-0.2, -0.15) is 0 Å². The van der Waals surface area contributed by atoms with Crippen molar-refractivity contribution in [3.63, 3.8) is 0 Å². The van der Waals surface area contributed by atoms with Gasteiger partial charge < -0.3 is 11.1 Å². The summed E-state index contributed by atoms with van der Waals surface area (Å²) in [5.74, 6) is 0. The lowest BCUT2D eigenvalue weighted by Gasteiger charge is -2.04. The predicted octanol–water partition coefficient (Wildman–Crippen LogP) is 1.63. The maximum atomic E-state index is 5.77. The molecule has 0 radical (unpaired) electrons. The molecule has 1 aliphatic rings. The van der Waals surface area contributed by atoms with E-state index in [0.29, 0.717) is 6.04 Å². The van der Waals surface area contributed by atoms with Crippen molar-refractivity contribution in [3.8, 4) is 0 Å². The molecule has 1 unspecified atom stereocenters. The molecule has 0 aliphatic carbocycles. The molecular formula is C9H12N2. The standard InChI is InChI=1S/C9H12N2/c1-6-5-7-3-2-4-8(10)9(7)11-6/h2-4,6,11H,5,10H2,1H3. The van der Waals surface area contributed by atoms with E-state index in [4.69, 9.17) is 5.73 Å². The first-order valence-electron chi connectivity index (χ1n) is 3.91. The highest BCUT2D eigenvalue weighted by atomic mass is 15.0. The van der Waals surface area contributed by atoms with Crippen LogP contribution in [0.2, 0.25) is 0 Å². The fourth-order valence-corrected chi connectivity index (χ4v) is 1.59. The van der Waals surface area contributed by atoms with Gasteiger partial charge in [-0.05, 0) is 25.0 Å². The van der Waals surface area contributed by atoms with E-state index in [2.05, 4.69) is 18.3 Å². The molecule has 2 rings (SSSR count). The minimum Gasteiger partial charge on any atom is -0.397 e. The van der Waals surface area contributed by atoms with Gasteiger partial charge in [0.05, 0.1) is 11.4 Å². The molecule has 1 atom stereocenters. The molecule has 1 heterocycles. The molecule has 0 saturated carbocycles. The number of hydrogen-bond donors (Lipinski definition) is 2. The van der Waals surface area contributed by atoms with Crippen molar-refractivity contribution in [2.75, 3.05) is 11.1 Å². The number of rotatable bonds is 0. The van der Waals surface area contributed by atoms with Crippen LogP contribution in [-0.4, -0.2) is 6.04 Å². The lowest BCUT2D eigenvalue weighted by Crippen LogP contribution is -2.09. The van der Waals surface area contributed by atoms with Crippen molar-refractivity contribution >= 4 is 11.4 Å². The number of nitrogens with one attached hydrogen (secondary N) is 1. The SMILES string of the molecule is CC1Cc2cccc(N)c2N1. The molecule has 2 nitrogen and oxygen atoms in total. The first-order valence-corrected chi connectivity index (χ1v) is 3.91. The lowest BCUT2D eigenvalue weighted by molar-refractivity contribution is 0.839. The minimum atomic E-state index is 0.537. The Morgan fingerprint density at radius 1 is 1.55 bits per heavy atom. The fourth-order valence-electron chi connectivity index (χ4n) is 1.59. The maximum Gasteiger partial charge on any atom is 0.0609 e. The summed E-state index contributed by atoms with van der Waals surface area (Å²) < 4.78 is 0. The monoisotopic (exact) mass is 148 g/mol. The van der Waals surface area contributed by atoms with Crippen LogP contribution in [0.15, 0.2) is 18.2 Å². The molecule has 0 spiro atoms. The van der Waals surface area contributed by atoms with E-state index in [-0.39, 0.29) is 0 Å². The molecule has 1 aromatic rings. The van der Waals surface area contributed by atoms with E-state index in [1.165, 1.54) is 5.56 Å². The second-order valence-electron chi connectivity index (χ2n) is 3.13. The lowest BCUT2D eigenvalue weighted by atomic mass is 10.1. The highest BCUT2D eigenvalue weighted by Crippen LogP contribution is 2.30. The average molecular weight is 148 g/mol. The van der Waals surface area contributed by atoms with Crippen LogP contribution in [0.25, 0.3) is 0 Å². The molecule has 0 fully saturated rings. The van der Waals surface area contributed by atoms with E-state index in [1.807, 2.05) is 12.1 Å². The van der Waals surface area contributed by atoms with Gasteiger partial charge in [-0.15, -0.1) is 0 Å². The molecule has 1 aromatic carbocycles. The van der Waals surface area contributed by atoms with Gasteiger partial charge in [-0.1, -0.05) is 12.1 Å². The molecule has 3 N–H and O–H groups in total. The van der Waals surface area contributed by atoms with Crippen LogP contribution in [0.3, 0.4) is 0 Å². The van der Waals surface area contributed by atoms with Gasteiger partial charge in [0.15, 0.2) is 0 Å². The Bertz CT molecular complexity index is 281. The largest absolute Gasteiger partial charge is 0.397 e. The van der Waals surface area contributed by atoms with Crippen molar-refractivity contribution in [1.82, 2.24) is 0 Å². The van der Waals surface area contributed by atoms with Crippen molar-refractivity contribution in [1.29, 1.82) is 0 Å². The number of anilines is 2. The molecule has 0 amide bonds. The van der Waals surface area contributed by atoms with Gasteiger partial charge in [0, 0.05) is 6.04 Å². The Balaban J connectivity index is 2.49. The van der Waals surface area contributed by atoms with Crippen LogP contribution in [0.5, 0.6) is 0 Å². The van der Waals surface area contributed by atoms with Crippen LogP contribution >= 0.6 is 0 Å². The molecule has 0 saturated heterocycles. The Labute approximate surface area is 66.4 Å². The molecule has 2 heteroatoms. The van der Waals surface area contributed by atoms with Crippen LogP contribution < -0.4 is 11.1 Å². The van der Waals surface area contributed by atoms with Gasteiger partial charge in [-0.25, -0.2) is 0 Å². The van der Waals surface area contributed by atoms with E-state index >= 15 is 0 Å². The summed E-state index contributed by atoms with van der Waals surface area (Å²) >= 11 is 0. The zero-order valence-corrected chi connectivity index (χ0v) is 6.59. The average Bonchev–Trinajstić information content (AvgIpc) is 2.31. The topological polar surface area (TPSA) is 38.0 Å². The number of hydrogen-bond acceptors (Lipinski definition) is 2. The Kier molecular flexibility index (Phi) is 1.28. The predicted molar refractivity (Wildman–Crippen MR) is 47.6 cm³/mol. The number of benzene rings is 1. The molecule has 1 aliphatic heterocycles. The maximum absolute atomic E-state index is 5.77. The van der Waals surface area contributed by atoms with Gasteiger partial charge >= 0.3 is 0 Å². The number of nitrogen functional groups attached to an aromatic ring is 1. The van der Waals surface area contributed by atoms with Crippen molar-refractivity contribution in [2.45, 2.75) is 19.4 Å². The Morgan fingerprint density at radius 2 is 2.36 bits per heavy atom. The summed E-state index contributed by atoms with van der Waals surface area (Å²) in [6, 6.07) is 6.61. The quantitative estimate of drug-likeness (QED) is 0.549. The number of para-hydroxylation sites is 1. The highest BCUT2D eigenvalue weighted by molar-refractivity contribution is 5.73. The van der Waals surface area contributed by atoms with Crippen molar-refractivity contribution in [2.24, 2.45) is 0 Å². The van der Waals surface area contributed by atoms with Gasteiger partial charge in [0.25, 0.3) is 0 Å². The second-order valence-corrected chi connectivity index (χ2v) is 3.13. The zero-order chi connectivity index (χ0) is 7.84. The van der Waals surface area contributed by atoms with E-state index in [9.17, 15) is 0 Å². The first kappa shape index (κ1) is 6.53. The first-order chi connectivity index (χ1) is 5.27. The Morgan fingerprint density at radius 3 is 3.09 bits per heavy atom. The van der Waals surface area contributed by atoms with Crippen LogP contribution in [0.1, 0.15) is 12.5 Å². The normalized spacial score (nSPS) is 21.0. The van der Waals surface area contributed by atoms with E-state index in [0.717, 1.165) is 17.8 Å². The third-order valence-electron chi connectivity index (χ3n) is 2.10. The fraction of sp³-hybridized carbons (Fsp3) is 0.333. The summed E-state index contributed by atoms with van der Waals surface area (Å²) in [5, 5.41) is 3.34. The van der Waals surface area contributed by atoms with Crippen LogP contribution in [0, 0.1) is 0 Å². The number of fused-ring (bicyclic) bond motifs is 1. The van der Waals surface area contributed by atoms with Gasteiger partial charge in [0.2, 0.25) is 0 Å². The Hall–Kier alpha value is -1.18. The third kappa shape index (κ3) is 0.946. The van der Waals surface area contributed by atoms with Gasteiger partial charge in [-0.3, -0.25) is 0 Å². The zero-order valence-electron chi connectivity index (χ0n) is 6.59. The minimum absolute atomic E-state index is 0.537. The molecule has 58 valence electrons. The van der Waals surface area contributed by atoms with E-state index < -0.39 is 0 Å². The third-order valence-corrected chi connectivity index (χ3v) is 2.10. The molecule has 0 aromatic heterocycles. The number of nitrogens with two attached hydrogens (primary N) is 1. The van der Waals surface area contributed by atoms with Gasteiger partial charge in [0.1, 0.15) is 0 Å².